The van der Waals surface area contributed by atoms with Gasteiger partial charge in [0.1, 0.15) is 0 Å². The summed E-state index contributed by atoms with van der Waals surface area (Å²) in [6.45, 7) is 0.445. The van der Waals surface area contributed by atoms with Crippen LogP contribution in [0.2, 0.25) is 5.02 Å². The molecule has 0 saturated heterocycles. The van der Waals surface area contributed by atoms with Crippen LogP contribution in [0, 0.1) is 10.1 Å². The van der Waals surface area contributed by atoms with Crippen molar-refractivity contribution in [3.05, 3.63) is 63.6 Å². The Balaban J connectivity index is 2.10. The summed E-state index contributed by atoms with van der Waals surface area (Å²) in [7, 11) is 0. The number of nitro groups is 1. The van der Waals surface area contributed by atoms with Crippen molar-refractivity contribution in [1.82, 2.24) is 15.2 Å². The fraction of sp³-hybridized carbons (Fsp3) is 0.100. The fourth-order valence-electron chi connectivity index (χ4n) is 1.40. The van der Waals surface area contributed by atoms with Gasteiger partial charge in [0.15, 0.2) is 5.82 Å². The zero-order chi connectivity index (χ0) is 12.3. The van der Waals surface area contributed by atoms with Gasteiger partial charge in [0, 0.05) is 18.6 Å². The fourth-order valence-corrected chi connectivity index (χ4v) is 1.51. The van der Waals surface area contributed by atoms with Crippen LogP contribution >= 0.6 is 11.6 Å². The smallest absolute Gasteiger partial charge is 0.274 e. The van der Waals surface area contributed by atoms with E-state index < -0.39 is 4.92 Å². The van der Waals surface area contributed by atoms with E-state index in [0.29, 0.717) is 17.4 Å². The van der Waals surface area contributed by atoms with Gasteiger partial charge in [-0.2, -0.15) is 0 Å². The average Bonchev–Trinajstić information content (AvgIpc) is 2.68. The van der Waals surface area contributed by atoms with Crippen LogP contribution in [-0.4, -0.2) is 14.8 Å². The van der Waals surface area contributed by atoms with Gasteiger partial charge in [0.2, 0.25) is 0 Å². The maximum Gasteiger partial charge on any atom is 0.274 e. The van der Waals surface area contributed by atoms with Gasteiger partial charge in [-0.05, 0) is 12.1 Å². The van der Waals surface area contributed by atoms with Gasteiger partial charge in [-0.15, -0.1) is 0 Å². The van der Waals surface area contributed by atoms with Crippen molar-refractivity contribution in [2.75, 3.05) is 0 Å². The maximum absolute atomic E-state index is 10.4. The number of nitrogens with zero attached hydrogens (tertiary/aromatic N) is 3. The largest absolute Gasteiger partial charge is 0.341 e. The summed E-state index contributed by atoms with van der Waals surface area (Å²) in [4.78, 5) is 15.7. The van der Waals surface area contributed by atoms with E-state index in [1.807, 2.05) is 0 Å². The van der Waals surface area contributed by atoms with Crippen LogP contribution in [-0.2, 0) is 6.54 Å². The molecule has 0 fully saturated rings. The molecule has 0 unspecified atom stereocenters. The Bertz CT molecular complexity index is 484. The molecule has 1 aliphatic heterocycles. The third-order valence-corrected chi connectivity index (χ3v) is 2.37. The SMILES string of the molecule is O=[N+]([O-])C=C1NC=CN1Cc1ccc(Cl)cn1. The first kappa shape index (κ1) is 11.4. The molecule has 0 aliphatic carbocycles. The zero-order valence-electron chi connectivity index (χ0n) is 8.71. The van der Waals surface area contributed by atoms with Gasteiger partial charge in [-0.3, -0.25) is 15.1 Å². The van der Waals surface area contributed by atoms with Gasteiger partial charge < -0.3 is 10.2 Å². The lowest BCUT2D eigenvalue weighted by Gasteiger charge is -2.15. The van der Waals surface area contributed by atoms with Crippen molar-refractivity contribution in [2.45, 2.75) is 6.54 Å². The van der Waals surface area contributed by atoms with Crippen molar-refractivity contribution in [3.63, 3.8) is 0 Å². The maximum atomic E-state index is 10.4. The van der Waals surface area contributed by atoms with Gasteiger partial charge in [0.25, 0.3) is 6.20 Å². The summed E-state index contributed by atoms with van der Waals surface area (Å²) >= 11 is 5.72. The highest BCUT2D eigenvalue weighted by atomic mass is 35.5. The van der Waals surface area contributed by atoms with E-state index in [9.17, 15) is 10.1 Å². The minimum Gasteiger partial charge on any atom is -0.341 e. The Morgan fingerprint density at radius 1 is 1.59 bits per heavy atom. The Morgan fingerprint density at radius 3 is 3.06 bits per heavy atom. The van der Waals surface area contributed by atoms with Crippen LogP contribution in [0.25, 0.3) is 0 Å². The van der Waals surface area contributed by atoms with Gasteiger partial charge in [-0.25, -0.2) is 0 Å². The van der Waals surface area contributed by atoms with Crippen LogP contribution in [0.15, 0.2) is 42.8 Å². The van der Waals surface area contributed by atoms with Crippen LogP contribution in [0.3, 0.4) is 0 Å². The van der Waals surface area contributed by atoms with E-state index in [1.54, 1.807) is 35.6 Å². The third-order valence-electron chi connectivity index (χ3n) is 2.14. The molecule has 0 aromatic carbocycles. The molecule has 1 aromatic rings. The second-order valence-electron chi connectivity index (χ2n) is 3.36. The second-order valence-corrected chi connectivity index (χ2v) is 3.79. The molecule has 0 amide bonds. The molecule has 0 atom stereocenters. The van der Waals surface area contributed by atoms with E-state index in [1.165, 1.54) is 0 Å². The molecule has 88 valence electrons. The van der Waals surface area contributed by atoms with Crippen molar-refractivity contribution in [1.29, 1.82) is 0 Å². The van der Waals surface area contributed by atoms with E-state index in [-0.39, 0.29) is 0 Å². The summed E-state index contributed by atoms with van der Waals surface area (Å²) in [6.07, 6.45) is 5.80. The normalized spacial score (nSPS) is 16.3. The Hall–Kier alpha value is -2.08. The summed E-state index contributed by atoms with van der Waals surface area (Å²) in [5.74, 6) is 0.409. The number of aromatic nitrogens is 1. The second kappa shape index (κ2) is 4.84. The van der Waals surface area contributed by atoms with Gasteiger partial charge in [0.05, 0.1) is 22.2 Å². The molecule has 0 radical (unpaired) electrons. The number of hydrogen-bond acceptors (Lipinski definition) is 5. The van der Waals surface area contributed by atoms with Crippen LogP contribution in [0.4, 0.5) is 0 Å². The summed E-state index contributed by atoms with van der Waals surface area (Å²) in [5, 5.41) is 13.7. The Labute approximate surface area is 102 Å². The predicted molar refractivity (Wildman–Crippen MR) is 62.1 cm³/mol. The highest BCUT2D eigenvalue weighted by Crippen LogP contribution is 2.14. The van der Waals surface area contributed by atoms with Crippen molar-refractivity contribution < 1.29 is 4.92 Å². The van der Waals surface area contributed by atoms with Crippen LogP contribution in [0.5, 0.6) is 0 Å². The highest BCUT2D eigenvalue weighted by Gasteiger charge is 2.15. The van der Waals surface area contributed by atoms with E-state index in [2.05, 4.69) is 10.3 Å². The number of halogens is 1. The average molecular weight is 253 g/mol. The number of hydrogen-bond donors (Lipinski definition) is 1. The predicted octanol–water partition coefficient (Wildman–Crippen LogP) is 1.69. The number of rotatable bonds is 3. The minimum absolute atomic E-state index is 0.409. The summed E-state index contributed by atoms with van der Waals surface area (Å²) in [5.41, 5.74) is 0.775. The molecule has 17 heavy (non-hydrogen) atoms. The topological polar surface area (TPSA) is 71.3 Å². The molecule has 6 nitrogen and oxygen atoms in total. The van der Waals surface area contributed by atoms with Gasteiger partial charge in [-0.1, -0.05) is 11.6 Å². The Morgan fingerprint density at radius 2 is 2.41 bits per heavy atom. The van der Waals surface area contributed by atoms with Crippen LogP contribution in [0.1, 0.15) is 5.69 Å². The zero-order valence-corrected chi connectivity index (χ0v) is 9.46. The lowest BCUT2D eigenvalue weighted by molar-refractivity contribution is -0.404. The Kier molecular flexibility index (Phi) is 3.24. The molecule has 0 spiro atoms. The monoisotopic (exact) mass is 252 g/mol. The highest BCUT2D eigenvalue weighted by molar-refractivity contribution is 6.30. The molecule has 2 rings (SSSR count). The van der Waals surface area contributed by atoms with Crippen molar-refractivity contribution in [3.8, 4) is 0 Å². The van der Waals surface area contributed by atoms with E-state index in [4.69, 9.17) is 11.6 Å². The summed E-state index contributed by atoms with van der Waals surface area (Å²) in [6, 6.07) is 3.51. The molecule has 1 aromatic heterocycles. The van der Waals surface area contributed by atoms with Crippen molar-refractivity contribution >= 4 is 11.6 Å². The lowest BCUT2D eigenvalue weighted by atomic mass is 10.3. The lowest BCUT2D eigenvalue weighted by Crippen LogP contribution is -2.19. The van der Waals surface area contributed by atoms with Crippen LogP contribution < -0.4 is 5.32 Å². The summed E-state index contributed by atoms with van der Waals surface area (Å²) < 4.78 is 0. The number of nitrogens with one attached hydrogen (secondary N) is 1. The standard InChI is InChI=1S/C10H9ClN4O2/c11-8-1-2-9(13-5-8)6-14-4-3-12-10(14)7-15(16)17/h1-5,7,12H,6H2. The first-order valence-corrected chi connectivity index (χ1v) is 5.18. The molecule has 0 bridgehead atoms. The molecule has 1 N–H and O–H groups in total. The van der Waals surface area contributed by atoms with E-state index >= 15 is 0 Å². The first-order chi connectivity index (χ1) is 8.15. The molecular weight excluding hydrogens is 244 g/mol. The number of pyridine rings is 1. The molecule has 1 aliphatic rings. The minimum atomic E-state index is -0.502. The van der Waals surface area contributed by atoms with Crippen molar-refractivity contribution in [2.24, 2.45) is 0 Å². The quantitative estimate of drug-likeness (QED) is 0.655. The molecule has 2 heterocycles. The van der Waals surface area contributed by atoms with Gasteiger partial charge >= 0.3 is 0 Å². The first-order valence-electron chi connectivity index (χ1n) is 4.81. The molecule has 0 saturated carbocycles. The third kappa shape index (κ3) is 2.94. The molecule has 7 heteroatoms. The molecular formula is C10H9ClN4O2. The van der Waals surface area contributed by atoms with E-state index in [0.717, 1.165) is 11.9 Å².